The highest BCUT2D eigenvalue weighted by atomic mass is 79.9. The van der Waals surface area contributed by atoms with Gasteiger partial charge in [-0.15, -0.1) is 0 Å². The van der Waals surface area contributed by atoms with Gasteiger partial charge in [-0.25, -0.2) is 14.8 Å². The number of carbonyl (C=O) groups is 1. The van der Waals surface area contributed by atoms with Crippen LogP contribution in [0.25, 0.3) is 0 Å². The number of hydrogen-bond donors (Lipinski definition) is 0. The van der Waals surface area contributed by atoms with Gasteiger partial charge < -0.3 is 14.5 Å². The summed E-state index contributed by atoms with van der Waals surface area (Å²) in [5, 5.41) is 0. The van der Waals surface area contributed by atoms with Gasteiger partial charge in [0.15, 0.2) is 0 Å². The molecule has 44 heavy (non-hydrogen) atoms. The molecule has 1 aliphatic heterocycles. The van der Waals surface area contributed by atoms with Gasteiger partial charge in [0.05, 0.1) is 21.7 Å². The number of piperidine rings is 1. The fourth-order valence-electron chi connectivity index (χ4n) is 5.62. The maximum Gasteiger partial charge on any atom is 0.416 e. The van der Waals surface area contributed by atoms with Crippen molar-refractivity contribution in [1.82, 2.24) is 14.9 Å². The van der Waals surface area contributed by atoms with Crippen LogP contribution in [0, 0.1) is 0 Å². The van der Waals surface area contributed by atoms with Crippen LogP contribution in [0.5, 0.6) is 0 Å². The van der Waals surface area contributed by atoms with E-state index in [0.29, 0.717) is 30.2 Å². The zero-order valence-corrected chi connectivity index (χ0v) is 26.0. The van der Waals surface area contributed by atoms with E-state index in [2.05, 4.69) is 25.9 Å². The molecule has 3 aromatic rings. The van der Waals surface area contributed by atoms with Gasteiger partial charge in [0, 0.05) is 37.1 Å². The maximum atomic E-state index is 13.7. The van der Waals surface area contributed by atoms with Gasteiger partial charge in [-0.3, -0.25) is 0 Å². The molecule has 0 unspecified atom stereocenters. The number of benzene rings is 2. The number of halogens is 7. The molecule has 0 N–H and O–H groups in total. The van der Waals surface area contributed by atoms with E-state index >= 15 is 0 Å². The second-order valence-electron chi connectivity index (χ2n) is 11.1. The molecule has 2 heterocycles. The number of rotatable bonds is 8. The van der Waals surface area contributed by atoms with E-state index in [1.807, 2.05) is 37.3 Å². The molecular formula is C31H33BrF6N4O2. The lowest BCUT2D eigenvalue weighted by Crippen LogP contribution is -2.58. The number of amides is 1. The van der Waals surface area contributed by atoms with Gasteiger partial charge in [0.2, 0.25) is 5.95 Å². The zero-order valence-electron chi connectivity index (χ0n) is 24.4. The number of carbonyl (C=O) groups excluding carboxylic acids is 1. The lowest BCUT2D eigenvalue weighted by atomic mass is 9.86. The Bertz CT molecular complexity index is 1370. The molecular weight excluding hydrogens is 654 g/mol. The standard InChI is InChI=1S/C31H33BrF6N4O2/c1-4-25-14-26(15-27(12-20-8-6-5-7-9-20)42(25)29(43)44-19(2)3)41(28-39-16-24(32)17-40-28)18-21-10-22(30(33,34)35)13-23(11-21)31(36,37)38/h5-11,13,16-17,19,25-27H,4,12,14-15,18H2,1-3H3/t25-,26+,27+/m1/s1. The lowest BCUT2D eigenvalue weighted by molar-refractivity contribution is -0.143. The number of likely N-dealkylation sites (tertiary alicyclic amines) is 1. The zero-order chi connectivity index (χ0) is 32.2. The van der Waals surface area contributed by atoms with Crippen LogP contribution in [0.4, 0.5) is 37.1 Å². The minimum atomic E-state index is -4.98. The maximum absolute atomic E-state index is 13.7. The van der Waals surface area contributed by atoms with Gasteiger partial charge in [0.25, 0.3) is 0 Å². The molecule has 1 saturated heterocycles. The largest absolute Gasteiger partial charge is 0.447 e. The highest BCUT2D eigenvalue weighted by Gasteiger charge is 2.42. The summed E-state index contributed by atoms with van der Waals surface area (Å²) in [4.78, 5) is 25.5. The Hall–Kier alpha value is -3.35. The molecule has 1 fully saturated rings. The van der Waals surface area contributed by atoms with Crippen molar-refractivity contribution in [3.8, 4) is 0 Å². The van der Waals surface area contributed by atoms with Crippen molar-refractivity contribution in [3.63, 3.8) is 0 Å². The van der Waals surface area contributed by atoms with Crippen molar-refractivity contribution in [2.45, 2.75) is 89.6 Å². The first-order valence-corrected chi connectivity index (χ1v) is 15.0. The topological polar surface area (TPSA) is 58.6 Å². The molecule has 0 spiro atoms. The van der Waals surface area contributed by atoms with Crippen molar-refractivity contribution >= 4 is 28.0 Å². The Morgan fingerprint density at radius 2 is 1.52 bits per heavy atom. The molecule has 0 bridgehead atoms. The van der Waals surface area contributed by atoms with Crippen molar-refractivity contribution in [2.24, 2.45) is 0 Å². The molecule has 238 valence electrons. The van der Waals surface area contributed by atoms with Crippen LogP contribution >= 0.6 is 15.9 Å². The minimum Gasteiger partial charge on any atom is -0.447 e. The van der Waals surface area contributed by atoms with Gasteiger partial charge in [-0.05, 0) is 84.8 Å². The fraction of sp³-hybridized carbons (Fsp3) is 0.452. The number of hydrogen-bond acceptors (Lipinski definition) is 5. The minimum absolute atomic E-state index is 0.117. The number of anilines is 1. The molecule has 2 aromatic carbocycles. The normalized spacial score (nSPS) is 19.2. The highest BCUT2D eigenvalue weighted by molar-refractivity contribution is 9.10. The first-order chi connectivity index (χ1) is 20.7. The van der Waals surface area contributed by atoms with Crippen LogP contribution in [0.2, 0.25) is 0 Å². The van der Waals surface area contributed by atoms with Crippen LogP contribution in [0.15, 0.2) is 65.4 Å². The Morgan fingerprint density at radius 3 is 2.05 bits per heavy atom. The number of alkyl halides is 6. The fourth-order valence-corrected chi connectivity index (χ4v) is 5.82. The molecule has 0 aliphatic carbocycles. The van der Waals surface area contributed by atoms with E-state index in [1.165, 1.54) is 12.4 Å². The summed E-state index contributed by atoms with van der Waals surface area (Å²) in [5.41, 5.74) is -2.00. The third kappa shape index (κ3) is 8.42. The highest BCUT2D eigenvalue weighted by Crippen LogP contribution is 2.38. The van der Waals surface area contributed by atoms with Gasteiger partial charge >= 0.3 is 18.4 Å². The van der Waals surface area contributed by atoms with E-state index in [4.69, 9.17) is 4.74 Å². The second-order valence-corrected chi connectivity index (χ2v) is 12.0. The van der Waals surface area contributed by atoms with Gasteiger partial charge in [-0.1, -0.05) is 37.3 Å². The van der Waals surface area contributed by atoms with Crippen LogP contribution in [-0.2, 0) is 30.1 Å². The molecule has 3 atom stereocenters. The first kappa shape index (κ1) is 33.5. The van der Waals surface area contributed by atoms with Gasteiger partial charge in [0.1, 0.15) is 0 Å². The number of aromatic nitrogens is 2. The predicted molar refractivity (Wildman–Crippen MR) is 157 cm³/mol. The monoisotopic (exact) mass is 686 g/mol. The lowest BCUT2D eigenvalue weighted by Gasteiger charge is -2.47. The molecule has 6 nitrogen and oxygen atoms in total. The third-order valence-electron chi connectivity index (χ3n) is 7.51. The summed E-state index contributed by atoms with van der Waals surface area (Å²) in [5.74, 6) is 0.149. The smallest absolute Gasteiger partial charge is 0.416 e. The molecule has 1 amide bonds. The number of ether oxygens (including phenoxy) is 1. The Kier molecular flexibility index (Phi) is 10.5. The molecule has 4 rings (SSSR count). The summed E-state index contributed by atoms with van der Waals surface area (Å²) >= 11 is 3.28. The third-order valence-corrected chi connectivity index (χ3v) is 7.92. The second kappa shape index (κ2) is 13.7. The molecule has 0 saturated carbocycles. The molecule has 13 heteroatoms. The van der Waals surface area contributed by atoms with Crippen molar-refractivity contribution < 1.29 is 35.9 Å². The first-order valence-electron chi connectivity index (χ1n) is 14.2. The van der Waals surface area contributed by atoms with E-state index in [0.717, 1.165) is 17.7 Å². The van der Waals surface area contributed by atoms with Crippen LogP contribution in [0.3, 0.4) is 0 Å². The van der Waals surface area contributed by atoms with Crippen molar-refractivity contribution in [1.29, 1.82) is 0 Å². The SMILES string of the molecule is CC[C@@H]1C[C@H](N(Cc2cc(C(F)(F)F)cc(C(F)(F)F)c2)c2ncc(Br)cn2)C[C@H](Cc2ccccc2)N1C(=O)OC(C)C. The van der Waals surface area contributed by atoms with E-state index in [9.17, 15) is 31.1 Å². The Labute approximate surface area is 260 Å². The van der Waals surface area contributed by atoms with Crippen LogP contribution in [0.1, 0.15) is 62.3 Å². The van der Waals surface area contributed by atoms with E-state index in [-0.39, 0.29) is 42.3 Å². The molecule has 1 aliphatic rings. The summed E-state index contributed by atoms with van der Waals surface area (Å²) in [6.45, 7) is 5.12. The average molecular weight is 688 g/mol. The van der Waals surface area contributed by atoms with Crippen molar-refractivity contribution in [2.75, 3.05) is 4.90 Å². The molecule has 1 aromatic heterocycles. The van der Waals surface area contributed by atoms with E-state index in [1.54, 1.807) is 23.6 Å². The summed E-state index contributed by atoms with van der Waals surface area (Å²) in [7, 11) is 0. The van der Waals surface area contributed by atoms with Crippen molar-refractivity contribution in [3.05, 3.63) is 87.7 Å². The summed E-state index contributed by atoms with van der Waals surface area (Å²) < 4.78 is 88.4. The summed E-state index contributed by atoms with van der Waals surface area (Å²) in [6.07, 6.45) is -6.10. The van der Waals surface area contributed by atoms with Crippen LogP contribution < -0.4 is 4.90 Å². The van der Waals surface area contributed by atoms with E-state index < -0.39 is 35.6 Å². The van der Waals surface area contributed by atoms with Crippen LogP contribution in [-0.4, -0.2) is 45.2 Å². The quantitative estimate of drug-likeness (QED) is 0.222. The summed E-state index contributed by atoms with van der Waals surface area (Å²) in [6, 6.07) is 9.98. The average Bonchev–Trinajstić information content (AvgIpc) is 2.95. The number of nitrogens with zero attached hydrogens (tertiary/aromatic N) is 4. The Balaban J connectivity index is 1.78. The Morgan fingerprint density at radius 1 is 0.955 bits per heavy atom. The van der Waals surface area contributed by atoms with Gasteiger partial charge in [-0.2, -0.15) is 26.3 Å². The predicted octanol–water partition coefficient (Wildman–Crippen LogP) is 8.68. The molecule has 0 radical (unpaired) electrons.